The van der Waals surface area contributed by atoms with Gasteiger partial charge < -0.3 is 4.42 Å². The molecule has 4 aromatic heterocycles. The molecule has 0 aliphatic rings. The fourth-order valence-electron chi connectivity index (χ4n) is 7.52. The van der Waals surface area contributed by atoms with Crippen molar-refractivity contribution in [1.82, 2.24) is 19.9 Å². The summed E-state index contributed by atoms with van der Waals surface area (Å²) in [5.74, 6) is 1.75. The third-order valence-corrected chi connectivity index (χ3v) is 10.9. The molecule has 0 amide bonds. The van der Waals surface area contributed by atoms with Crippen LogP contribution in [0.2, 0.25) is 0 Å². The summed E-state index contributed by atoms with van der Waals surface area (Å²) >= 11 is 1.84. The molecule has 0 spiro atoms. The van der Waals surface area contributed by atoms with Crippen molar-refractivity contribution in [2.75, 3.05) is 0 Å². The van der Waals surface area contributed by atoms with Crippen LogP contribution >= 0.6 is 11.3 Å². The fraction of sp³-hybridized carbons (Fsp3) is 0. The number of hydrogen-bond acceptors (Lipinski definition) is 6. The number of nitrogens with zero attached hydrogens (tertiary/aromatic N) is 4. The van der Waals surface area contributed by atoms with Gasteiger partial charge in [0.2, 0.25) is 0 Å². The molecule has 0 saturated heterocycles. The van der Waals surface area contributed by atoms with Crippen LogP contribution in [0.1, 0.15) is 0 Å². The lowest BCUT2D eigenvalue weighted by Crippen LogP contribution is -2.00. The Morgan fingerprint density at radius 2 is 1.14 bits per heavy atom. The molecule has 232 valence electrons. The van der Waals surface area contributed by atoms with Crippen LogP contribution in [0.4, 0.5) is 0 Å². The van der Waals surface area contributed by atoms with E-state index in [1.54, 1.807) is 0 Å². The molecule has 0 aliphatic carbocycles. The van der Waals surface area contributed by atoms with Crippen molar-refractivity contribution in [2.45, 2.75) is 0 Å². The number of thiophene rings is 1. The maximum absolute atomic E-state index is 6.89. The molecular weight excluding hydrogens is 633 g/mol. The first-order valence-corrected chi connectivity index (χ1v) is 17.4. The van der Waals surface area contributed by atoms with Crippen LogP contribution in [0.5, 0.6) is 0 Å². The molecule has 0 aliphatic heterocycles. The topological polar surface area (TPSA) is 64.7 Å². The fourth-order valence-corrected chi connectivity index (χ4v) is 8.82. The minimum Gasteiger partial charge on any atom is -0.455 e. The molecule has 6 heteroatoms. The van der Waals surface area contributed by atoms with Crippen molar-refractivity contribution in [3.8, 4) is 45.4 Å². The quantitative estimate of drug-likeness (QED) is 0.176. The van der Waals surface area contributed by atoms with Gasteiger partial charge in [-0.15, -0.1) is 11.3 Å². The number of hydrogen-bond donors (Lipinski definition) is 0. The highest BCUT2D eigenvalue weighted by Crippen LogP contribution is 2.50. The number of pyridine rings is 1. The molecule has 5 nitrogen and oxygen atoms in total. The number of rotatable bonds is 4. The van der Waals surface area contributed by atoms with E-state index in [1.807, 2.05) is 78.2 Å². The highest BCUT2D eigenvalue weighted by molar-refractivity contribution is 7.27. The summed E-state index contributed by atoms with van der Waals surface area (Å²) in [5, 5.41) is 9.83. The second-order valence-electron chi connectivity index (χ2n) is 12.6. The van der Waals surface area contributed by atoms with Crippen molar-refractivity contribution >= 4 is 75.0 Å². The Kier molecular flexibility index (Phi) is 5.76. The van der Waals surface area contributed by atoms with Crippen LogP contribution < -0.4 is 0 Å². The van der Waals surface area contributed by atoms with Crippen molar-refractivity contribution in [3.63, 3.8) is 0 Å². The van der Waals surface area contributed by atoms with Gasteiger partial charge in [-0.25, -0.2) is 15.0 Å². The van der Waals surface area contributed by atoms with Crippen molar-refractivity contribution in [1.29, 1.82) is 0 Å². The summed E-state index contributed by atoms with van der Waals surface area (Å²) in [6, 6.07) is 48.1. The first kappa shape index (κ1) is 27.5. The van der Waals surface area contributed by atoms with Crippen LogP contribution in [-0.2, 0) is 0 Å². The number of benzene rings is 7. The SMILES string of the molecule is c1ccc(-c2nc(-c3cccc(-c4ccccn4)c3)nc(-c3cccc4c3oc3cc5c6ccccc6c6cccc7sc(c34)c5c76)n2)cc1. The van der Waals surface area contributed by atoms with E-state index in [0.717, 1.165) is 49.9 Å². The zero-order valence-electron chi connectivity index (χ0n) is 26.5. The van der Waals surface area contributed by atoms with E-state index in [-0.39, 0.29) is 0 Å². The molecule has 0 saturated carbocycles. The average Bonchev–Trinajstić information content (AvgIpc) is 3.77. The molecule has 0 unspecified atom stereocenters. The Morgan fingerprint density at radius 1 is 0.460 bits per heavy atom. The molecule has 7 aromatic carbocycles. The zero-order valence-corrected chi connectivity index (χ0v) is 27.3. The molecule has 0 atom stereocenters. The molecule has 11 rings (SSSR count). The largest absolute Gasteiger partial charge is 0.455 e. The molecule has 11 aromatic rings. The Hall–Kier alpha value is -6.50. The number of furan rings is 1. The molecule has 4 heterocycles. The molecule has 0 radical (unpaired) electrons. The summed E-state index contributed by atoms with van der Waals surface area (Å²) in [5.41, 5.74) is 6.15. The lowest BCUT2D eigenvalue weighted by atomic mass is 9.93. The lowest BCUT2D eigenvalue weighted by molar-refractivity contribution is 0.670. The molecule has 50 heavy (non-hydrogen) atoms. The van der Waals surface area contributed by atoms with Gasteiger partial charge in [0.05, 0.1) is 11.3 Å². The van der Waals surface area contributed by atoms with E-state index in [2.05, 4.69) is 83.8 Å². The van der Waals surface area contributed by atoms with E-state index >= 15 is 0 Å². The van der Waals surface area contributed by atoms with E-state index in [0.29, 0.717) is 17.5 Å². The third-order valence-electron chi connectivity index (χ3n) is 9.73. The Balaban J connectivity index is 1.18. The Morgan fingerprint density at radius 3 is 2.00 bits per heavy atom. The van der Waals surface area contributed by atoms with Gasteiger partial charge in [-0.2, -0.15) is 0 Å². The van der Waals surface area contributed by atoms with Crippen LogP contribution in [0.3, 0.4) is 0 Å². The van der Waals surface area contributed by atoms with Gasteiger partial charge >= 0.3 is 0 Å². The van der Waals surface area contributed by atoms with Crippen molar-refractivity contribution in [2.24, 2.45) is 0 Å². The lowest BCUT2D eigenvalue weighted by Gasteiger charge is -2.09. The summed E-state index contributed by atoms with van der Waals surface area (Å²) in [4.78, 5) is 19.8. The summed E-state index contributed by atoms with van der Waals surface area (Å²) < 4.78 is 9.42. The second-order valence-corrected chi connectivity index (χ2v) is 13.6. The van der Waals surface area contributed by atoms with Gasteiger partial charge in [0.15, 0.2) is 17.5 Å². The summed E-state index contributed by atoms with van der Waals surface area (Å²) in [7, 11) is 0. The molecular formula is C44H24N4OS. The zero-order chi connectivity index (χ0) is 32.8. The van der Waals surface area contributed by atoms with E-state index in [1.165, 1.54) is 41.7 Å². The third kappa shape index (κ3) is 4.00. The molecule has 0 bridgehead atoms. The van der Waals surface area contributed by atoms with Gasteiger partial charge in [0.1, 0.15) is 11.2 Å². The predicted molar refractivity (Wildman–Crippen MR) is 206 cm³/mol. The van der Waals surface area contributed by atoms with Gasteiger partial charge in [0, 0.05) is 53.8 Å². The van der Waals surface area contributed by atoms with E-state index < -0.39 is 0 Å². The smallest absolute Gasteiger partial charge is 0.167 e. The predicted octanol–water partition coefficient (Wildman–Crippen LogP) is 11.9. The standard InChI is InChI=1S/C44H24N4OS/c1-2-11-25(12-3-1)42-46-43(27-14-8-13-26(23-27)34-20-6-7-22-45-34)48-44(47-42)32-19-9-18-31-37-35(49-40(31)32)24-33-29-16-5-4-15-28(29)30-17-10-21-36-38(30)39(33)41(37)50-36/h1-24H. The normalized spacial score (nSPS) is 12.0. The minimum atomic E-state index is 0.562. The number of fused-ring (bicyclic) bond motifs is 7. The monoisotopic (exact) mass is 656 g/mol. The van der Waals surface area contributed by atoms with E-state index in [9.17, 15) is 0 Å². The molecule has 0 N–H and O–H groups in total. The summed E-state index contributed by atoms with van der Waals surface area (Å²) in [6.07, 6.45) is 1.81. The minimum absolute atomic E-state index is 0.562. The van der Waals surface area contributed by atoms with E-state index in [4.69, 9.17) is 19.4 Å². The number of para-hydroxylation sites is 1. The van der Waals surface area contributed by atoms with Gasteiger partial charge in [0.25, 0.3) is 0 Å². The highest BCUT2D eigenvalue weighted by atomic mass is 32.1. The summed E-state index contributed by atoms with van der Waals surface area (Å²) in [6.45, 7) is 0. The first-order chi connectivity index (χ1) is 24.8. The maximum atomic E-state index is 6.89. The Labute approximate surface area is 289 Å². The van der Waals surface area contributed by atoms with Crippen molar-refractivity contribution < 1.29 is 4.42 Å². The van der Waals surface area contributed by atoms with Gasteiger partial charge in [-0.05, 0) is 57.9 Å². The first-order valence-electron chi connectivity index (χ1n) is 16.6. The number of aromatic nitrogens is 4. The second kappa shape index (κ2) is 10.5. The van der Waals surface area contributed by atoms with Crippen LogP contribution in [0, 0.1) is 0 Å². The highest BCUT2D eigenvalue weighted by Gasteiger charge is 2.23. The maximum Gasteiger partial charge on any atom is 0.167 e. The van der Waals surface area contributed by atoms with Gasteiger partial charge in [-0.1, -0.05) is 103 Å². The Bertz CT molecular complexity index is 3090. The van der Waals surface area contributed by atoms with Crippen LogP contribution in [0.25, 0.3) is 109 Å². The average molecular weight is 657 g/mol. The van der Waals surface area contributed by atoms with Crippen LogP contribution in [-0.4, -0.2) is 19.9 Å². The van der Waals surface area contributed by atoms with Gasteiger partial charge in [-0.3, -0.25) is 4.98 Å². The molecule has 0 fully saturated rings. The van der Waals surface area contributed by atoms with Crippen LogP contribution in [0.15, 0.2) is 150 Å². The van der Waals surface area contributed by atoms with Crippen molar-refractivity contribution in [3.05, 3.63) is 146 Å².